The summed E-state index contributed by atoms with van der Waals surface area (Å²) in [6.45, 7) is 0.840. The van der Waals surface area contributed by atoms with Gasteiger partial charge in [-0.1, -0.05) is 6.07 Å². The summed E-state index contributed by atoms with van der Waals surface area (Å²) < 4.78 is 0. The van der Waals surface area contributed by atoms with Gasteiger partial charge in [0.2, 0.25) is 0 Å². The van der Waals surface area contributed by atoms with Crippen LogP contribution in [0, 0.1) is 0 Å². The maximum absolute atomic E-state index is 8.75. The van der Waals surface area contributed by atoms with Crippen LogP contribution in [0.4, 0.5) is 0 Å². The predicted octanol–water partition coefficient (Wildman–Crippen LogP) is -0.298. The highest BCUT2D eigenvalue weighted by Gasteiger charge is 1.97. The Morgan fingerprint density at radius 2 is 2.00 bits per heavy atom. The first-order valence-corrected chi connectivity index (χ1v) is 4.78. The molecule has 1 heterocycles. The summed E-state index contributed by atoms with van der Waals surface area (Å²) in [6.07, 6.45) is 3.29. The van der Waals surface area contributed by atoms with E-state index in [1.807, 2.05) is 18.2 Å². The molecule has 5 heteroatoms. The first-order chi connectivity index (χ1) is 7.36. The molecule has 0 bridgehead atoms. The summed E-state index contributed by atoms with van der Waals surface area (Å²) in [5, 5.41) is 23.2. The molecule has 15 heavy (non-hydrogen) atoms. The van der Waals surface area contributed by atoms with E-state index >= 15 is 0 Å². The van der Waals surface area contributed by atoms with Crippen LogP contribution in [0.5, 0.6) is 0 Å². The van der Waals surface area contributed by atoms with Gasteiger partial charge < -0.3 is 10.2 Å². The van der Waals surface area contributed by atoms with E-state index in [1.165, 1.54) is 0 Å². The van der Waals surface area contributed by atoms with E-state index in [2.05, 4.69) is 10.1 Å². The van der Waals surface area contributed by atoms with Gasteiger partial charge in [-0.05, 0) is 12.1 Å². The maximum atomic E-state index is 8.75. The standard InChI is InChI=1S/C10H15N3O2/c14-7-5-13(6-8-15)12-9-10-3-1-2-4-11-10/h1-4,9,14-15H,5-8H2. The minimum absolute atomic E-state index is 0.0135. The molecule has 0 spiro atoms. The van der Waals surface area contributed by atoms with Crippen molar-refractivity contribution in [2.45, 2.75) is 0 Å². The summed E-state index contributed by atoms with van der Waals surface area (Å²) in [4.78, 5) is 4.07. The van der Waals surface area contributed by atoms with Crippen LogP contribution in [0.25, 0.3) is 0 Å². The van der Waals surface area contributed by atoms with Crippen LogP contribution in [-0.2, 0) is 0 Å². The number of hydrogen-bond acceptors (Lipinski definition) is 5. The fourth-order valence-electron chi connectivity index (χ4n) is 1.05. The van der Waals surface area contributed by atoms with Gasteiger partial charge in [0, 0.05) is 6.20 Å². The summed E-state index contributed by atoms with van der Waals surface area (Å²) in [7, 11) is 0. The molecule has 0 aliphatic heterocycles. The van der Waals surface area contributed by atoms with E-state index in [0.29, 0.717) is 13.1 Å². The van der Waals surface area contributed by atoms with Gasteiger partial charge in [0.05, 0.1) is 38.2 Å². The maximum Gasteiger partial charge on any atom is 0.0830 e. The SMILES string of the molecule is OCCN(CCO)N=Cc1ccccn1. The Hall–Kier alpha value is -1.46. The highest BCUT2D eigenvalue weighted by atomic mass is 16.3. The smallest absolute Gasteiger partial charge is 0.0830 e. The van der Waals surface area contributed by atoms with E-state index in [0.717, 1.165) is 5.69 Å². The fraction of sp³-hybridized carbons (Fsp3) is 0.400. The highest BCUT2D eigenvalue weighted by molar-refractivity contribution is 5.76. The quantitative estimate of drug-likeness (QED) is 0.498. The van der Waals surface area contributed by atoms with Gasteiger partial charge in [-0.25, -0.2) is 0 Å². The average molecular weight is 209 g/mol. The topological polar surface area (TPSA) is 69.0 Å². The van der Waals surface area contributed by atoms with Crippen LogP contribution in [0.2, 0.25) is 0 Å². The number of nitrogens with zero attached hydrogens (tertiary/aromatic N) is 3. The van der Waals surface area contributed by atoms with Crippen molar-refractivity contribution in [3.63, 3.8) is 0 Å². The Morgan fingerprint density at radius 3 is 2.53 bits per heavy atom. The first-order valence-electron chi connectivity index (χ1n) is 4.78. The molecular formula is C10H15N3O2. The Balaban J connectivity index is 2.53. The Morgan fingerprint density at radius 1 is 1.27 bits per heavy atom. The zero-order valence-electron chi connectivity index (χ0n) is 8.45. The molecule has 82 valence electrons. The van der Waals surface area contributed by atoms with Crippen molar-refractivity contribution in [2.24, 2.45) is 5.10 Å². The van der Waals surface area contributed by atoms with Crippen molar-refractivity contribution in [3.05, 3.63) is 30.1 Å². The molecule has 1 aromatic heterocycles. The summed E-state index contributed by atoms with van der Waals surface area (Å²) >= 11 is 0. The molecule has 1 aromatic rings. The predicted molar refractivity (Wildman–Crippen MR) is 57.6 cm³/mol. The largest absolute Gasteiger partial charge is 0.394 e. The van der Waals surface area contributed by atoms with Gasteiger partial charge in [0.1, 0.15) is 0 Å². The van der Waals surface area contributed by atoms with Crippen molar-refractivity contribution in [1.29, 1.82) is 0 Å². The van der Waals surface area contributed by atoms with E-state index in [-0.39, 0.29) is 13.2 Å². The lowest BCUT2D eigenvalue weighted by Crippen LogP contribution is -2.24. The molecular weight excluding hydrogens is 194 g/mol. The molecule has 0 saturated carbocycles. The van der Waals surface area contributed by atoms with E-state index < -0.39 is 0 Å². The molecule has 1 rings (SSSR count). The third kappa shape index (κ3) is 4.53. The van der Waals surface area contributed by atoms with Gasteiger partial charge in [-0.15, -0.1) is 0 Å². The molecule has 0 saturated heterocycles. The van der Waals surface area contributed by atoms with Crippen LogP contribution in [0.3, 0.4) is 0 Å². The second kappa shape index (κ2) is 6.92. The lowest BCUT2D eigenvalue weighted by molar-refractivity contribution is 0.166. The highest BCUT2D eigenvalue weighted by Crippen LogP contribution is 1.92. The number of pyridine rings is 1. The zero-order chi connectivity index (χ0) is 10.9. The third-order valence-corrected chi connectivity index (χ3v) is 1.76. The normalized spacial score (nSPS) is 10.8. The molecule has 0 aliphatic rings. The van der Waals surface area contributed by atoms with Crippen LogP contribution in [-0.4, -0.2) is 52.7 Å². The number of hydrogen-bond donors (Lipinski definition) is 2. The van der Waals surface area contributed by atoms with E-state index in [4.69, 9.17) is 10.2 Å². The number of rotatable bonds is 6. The molecule has 5 nitrogen and oxygen atoms in total. The minimum atomic E-state index is 0.0135. The lowest BCUT2D eigenvalue weighted by atomic mass is 10.4. The molecule has 0 unspecified atom stereocenters. The summed E-state index contributed by atoms with van der Waals surface area (Å²) in [5.41, 5.74) is 0.748. The molecule has 0 amide bonds. The Bertz CT molecular complexity index is 284. The van der Waals surface area contributed by atoms with Crippen LogP contribution in [0.1, 0.15) is 5.69 Å². The van der Waals surface area contributed by atoms with Crippen LogP contribution in [0.15, 0.2) is 29.5 Å². The van der Waals surface area contributed by atoms with Crippen molar-refractivity contribution >= 4 is 6.21 Å². The van der Waals surface area contributed by atoms with Gasteiger partial charge in [0.25, 0.3) is 0 Å². The van der Waals surface area contributed by atoms with Crippen molar-refractivity contribution in [1.82, 2.24) is 9.99 Å². The van der Waals surface area contributed by atoms with Gasteiger partial charge >= 0.3 is 0 Å². The lowest BCUT2D eigenvalue weighted by Gasteiger charge is -2.15. The van der Waals surface area contributed by atoms with Gasteiger partial charge in [-0.2, -0.15) is 5.10 Å². The molecule has 0 fully saturated rings. The minimum Gasteiger partial charge on any atom is -0.394 e. The second-order valence-corrected chi connectivity index (χ2v) is 2.90. The Labute approximate surface area is 88.7 Å². The molecule has 0 aliphatic carbocycles. The zero-order valence-corrected chi connectivity index (χ0v) is 8.45. The molecule has 0 aromatic carbocycles. The van der Waals surface area contributed by atoms with Gasteiger partial charge in [0.15, 0.2) is 0 Å². The van der Waals surface area contributed by atoms with Crippen molar-refractivity contribution < 1.29 is 10.2 Å². The number of hydrazone groups is 1. The number of aliphatic hydroxyl groups is 2. The fourth-order valence-corrected chi connectivity index (χ4v) is 1.05. The third-order valence-electron chi connectivity index (χ3n) is 1.76. The average Bonchev–Trinajstić information content (AvgIpc) is 2.28. The molecule has 2 N–H and O–H groups in total. The second-order valence-electron chi connectivity index (χ2n) is 2.90. The van der Waals surface area contributed by atoms with Gasteiger partial charge in [-0.3, -0.25) is 9.99 Å². The Kier molecular flexibility index (Phi) is 5.35. The summed E-state index contributed by atoms with van der Waals surface area (Å²) in [6, 6.07) is 5.53. The monoisotopic (exact) mass is 209 g/mol. The van der Waals surface area contributed by atoms with E-state index in [1.54, 1.807) is 17.4 Å². The van der Waals surface area contributed by atoms with Crippen LogP contribution < -0.4 is 0 Å². The number of aromatic nitrogens is 1. The molecule has 0 atom stereocenters. The first kappa shape index (κ1) is 11.6. The van der Waals surface area contributed by atoms with E-state index in [9.17, 15) is 0 Å². The van der Waals surface area contributed by atoms with Crippen LogP contribution >= 0.6 is 0 Å². The summed E-state index contributed by atoms with van der Waals surface area (Å²) in [5.74, 6) is 0. The van der Waals surface area contributed by atoms with Crippen molar-refractivity contribution in [2.75, 3.05) is 26.3 Å². The van der Waals surface area contributed by atoms with Crippen molar-refractivity contribution in [3.8, 4) is 0 Å². The number of aliphatic hydroxyl groups excluding tert-OH is 2. The molecule has 0 radical (unpaired) electrons.